The van der Waals surface area contributed by atoms with Crippen molar-refractivity contribution in [1.82, 2.24) is 10.3 Å². The monoisotopic (exact) mass is 284 g/mol. The molecule has 1 aromatic heterocycles. The van der Waals surface area contributed by atoms with Crippen LogP contribution in [0.25, 0.3) is 11.5 Å². The normalized spacial score (nSPS) is 11.2. The average Bonchev–Trinajstić information content (AvgIpc) is 2.79. The van der Waals surface area contributed by atoms with Crippen LogP contribution in [0.3, 0.4) is 0 Å². The van der Waals surface area contributed by atoms with Crippen molar-refractivity contribution in [3.05, 3.63) is 40.2 Å². The van der Waals surface area contributed by atoms with Gasteiger partial charge in [0.05, 0.1) is 15.7 Å². The van der Waals surface area contributed by atoms with Crippen LogP contribution in [0.4, 0.5) is 0 Å². The fourth-order valence-corrected chi connectivity index (χ4v) is 1.76. The quantitative estimate of drug-likeness (QED) is 0.917. The maximum atomic E-state index is 5.96. The molecule has 0 amide bonds. The van der Waals surface area contributed by atoms with Gasteiger partial charge in [-0.1, -0.05) is 37.0 Å². The molecule has 0 atom stereocenters. The molecular formula is C13H14Cl2N2O. The van der Waals surface area contributed by atoms with Gasteiger partial charge in [0.1, 0.15) is 6.26 Å². The van der Waals surface area contributed by atoms with E-state index in [1.54, 1.807) is 18.4 Å². The summed E-state index contributed by atoms with van der Waals surface area (Å²) in [7, 11) is 0. The lowest BCUT2D eigenvalue weighted by Gasteiger charge is -2.04. The molecule has 1 heterocycles. The second kappa shape index (κ2) is 5.74. The van der Waals surface area contributed by atoms with Crippen LogP contribution in [0.5, 0.6) is 0 Å². The summed E-state index contributed by atoms with van der Waals surface area (Å²) in [4.78, 5) is 4.39. The van der Waals surface area contributed by atoms with E-state index in [1.807, 2.05) is 6.07 Å². The molecule has 0 aliphatic rings. The van der Waals surface area contributed by atoms with Crippen LogP contribution >= 0.6 is 23.2 Å². The van der Waals surface area contributed by atoms with Gasteiger partial charge < -0.3 is 9.73 Å². The lowest BCUT2D eigenvalue weighted by atomic mass is 10.2. The third kappa shape index (κ3) is 3.25. The Morgan fingerprint density at radius 3 is 2.72 bits per heavy atom. The zero-order valence-electron chi connectivity index (χ0n) is 10.2. The highest BCUT2D eigenvalue weighted by Gasteiger charge is 2.08. The first-order valence-corrected chi connectivity index (χ1v) is 6.45. The standard InChI is InChI=1S/C13H14Cl2N2O/c1-8(2)16-6-10-7-18-13(17-10)9-3-4-11(14)12(15)5-9/h3-5,7-8,16H,6H2,1-2H3. The molecule has 18 heavy (non-hydrogen) atoms. The Hall–Kier alpha value is -1.03. The van der Waals surface area contributed by atoms with Gasteiger partial charge in [-0.15, -0.1) is 0 Å². The van der Waals surface area contributed by atoms with Crippen LogP contribution in [-0.4, -0.2) is 11.0 Å². The highest BCUT2D eigenvalue weighted by molar-refractivity contribution is 6.42. The smallest absolute Gasteiger partial charge is 0.226 e. The Kier molecular flexibility index (Phi) is 4.27. The number of aromatic nitrogens is 1. The number of hydrogen-bond donors (Lipinski definition) is 1. The van der Waals surface area contributed by atoms with Crippen LogP contribution < -0.4 is 5.32 Å². The summed E-state index contributed by atoms with van der Waals surface area (Å²) in [6.45, 7) is 4.85. The molecule has 0 bridgehead atoms. The summed E-state index contributed by atoms with van der Waals surface area (Å²) in [5.74, 6) is 0.550. The van der Waals surface area contributed by atoms with Gasteiger partial charge in [0.2, 0.25) is 5.89 Å². The second-order valence-corrected chi connectivity index (χ2v) is 5.12. The fourth-order valence-electron chi connectivity index (χ4n) is 1.46. The molecule has 96 valence electrons. The number of nitrogens with one attached hydrogen (secondary N) is 1. The van der Waals surface area contributed by atoms with Crippen molar-refractivity contribution in [3.63, 3.8) is 0 Å². The highest BCUT2D eigenvalue weighted by atomic mass is 35.5. The first-order chi connectivity index (χ1) is 8.56. The van der Waals surface area contributed by atoms with Crippen LogP contribution in [0.15, 0.2) is 28.9 Å². The van der Waals surface area contributed by atoms with E-state index in [0.29, 0.717) is 28.5 Å². The molecule has 2 rings (SSSR count). The number of benzene rings is 1. The van der Waals surface area contributed by atoms with Crippen LogP contribution in [0, 0.1) is 0 Å². The van der Waals surface area contributed by atoms with E-state index in [1.165, 1.54) is 0 Å². The minimum absolute atomic E-state index is 0.412. The van der Waals surface area contributed by atoms with E-state index >= 15 is 0 Å². The van der Waals surface area contributed by atoms with E-state index in [-0.39, 0.29) is 0 Å². The van der Waals surface area contributed by atoms with Gasteiger partial charge in [-0.3, -0.25) is 0 Å². The topological polar surface area (TPSA) is 38.1 Å². The van der Waals surface area contributed by atoms with Gasteiger partial charge in [-0.2, -0.15) is 0 Å². The zero-order valence-corrected chi connectivity index (χ0v) is 11.7. The minimum Gasteiger partial charge on any atom is -0.444 e. The highest BCUT2D eigenvalue weighted by Crippen LogP contribution is 2.28. The van der Waals surface area contributed by atoms with Gasteiger partial charge in [-0.05, 0) is 18.2 Å². The predicted molar refractivity (Wildman–Crippen MR) is 73.9 cm³/mol. The fraction of sp³-hybridized carbons (Fsp3) is 0.308. The van der Waals surface area contributed by atoms with Crippen molar-refractivity contribution in [3.8, 4) is 11.5 Å². The van der Waals surface area contributed by atoms with Crippen LogP contribution in [0.2, 0.25) is 10.0 Å². The second-order valence-electron chi connectivity index (χ2n) is 4.31. The van der Waals surface area contributed by atoms with Crippen molar-refractivity contribution >= 4 is 23.2 Å². The van der Waals surface area contributed by atoms with Gasteiger partial charge in [0, 0.05) is 18.2 Å². The SMILES string of the molecule is CC(C)NCc1coc(-c2ccc(Cl)c(Cl)c2)n1. The van der Waals surface area contributed by atoms with Gasteiger partial charge in [0.25, 0.3) is 0 Å². The molecule has 3 nitrogen and oxygen atoms in total. The Morgan fingerprint density at radius 1 is 1.28 bits per heavy atom. The van der Waals surface area contributed by atoms with Crippen molar-refractivity contribution in [2.75, 3.05) is 0 Å². The average molecular weight is 285 g/mol. The summed E-state index contributed by atoms with van der Waals surface area (Å²) < 4.78 is 5.43. The first-order valence-electron chi connectivity index (χ1n) is 5.69. The summed E-state index contributed by atoms with van der Waals surface area (Å²) in [6, 6.07) is 5.72. The number of nitrogens with zero attached hydrogens (tertiary/aromatic N) is 1. The summed E-state index contributed by atoms with van der Waals surface area (Å²) in [5, 5.41) is 4.29. The molecular weight excluding hydrogens is 271 g/mol. The van der Waals surface area contributed by atoms with Crippen molar-refractivity contribution in [1.29, 1.82) is 0 Å². The van der Waals surface area contributed by atoms with Crippen LogP contribution in [0.1, 0.15) is 19.5 Å². The molecule has 0 saturated heterocycles. The number of rotatable bonds is 4. The molecule has 2 aromatic rings. The van der Waals surface area contributed by atoms with E-state index in [9.17, 15) is 0 Å². The molecule has 0 aliphatic carbocycles. The third-order valence-electron chi connectivity index (χ3n) is 2.41. The Morgan fingerprint density at radius 2 is 2.06 bits per heavy atom. The summed E-state index contributed by atoms with van der Waals surface area (Å²) in [5.41, 5.74) is 1.69. The molecule has 0 radical (unpaired) electrons. The molecule has 0 spiro atoms. The van der Waals surface area contributed by atoms with Gasteiger partial charge in [-0.25, -0.2) is 4.98 Å². The Balaban J connectivity index is 2.16. The Labute approximate surface area is 116 Å². The largest absolute Gasteiger partial charge is 0.444 e. The van der Waals surface area contributed by atoms with E-state index < -0.39 is 0 Å². The molecule has 1 aromatic carbocycles. The lowest BCUT2D eigenvalue weighted by Crippen LogP contribution is -2.21. The lowest BCUT2D eigenvalue weighted by molar-refractivity contribution is 0.560. The number of halogens is 2. The van der Waals surface area contributed by atoms with Crippen molar-refractivity contribution in [2.24, 2.45) is 0 Å². The Bertz CT molecular complexity index is 538. The van der Waals surface area contributed by atoms with Crippen molar-refractivity contribution < 1.29 is 4.42 Å². The number of hydrogen-bond acceptors (Lipinski definition) is 3. The maximum Gasteiger partial charge on any atom is 0.226 e. The van der Waals surface area contributed by atoms with Gasteiger partial charge in [0.15, 0.2) is 0 Å². The van der Waals surface area contributed by atoms with Crippen LogP contribution in [-0.2, 0) is 6.54 Å². The zero-order chi connectivity index (χ0) is 13.1. The molecule has 1 N–H and O–H groups in total. The van der Waals surface area contributed by atoms with Gasteiger partial charge >= 0.3 is 0 Å². The van der Waals surface area contributed by atoms with E-state index in [0.717, 1.165) is 11.3 Å². The van der Waals surface area contributed by atoms with Crippen molar-refractivity contribution in [2.45, 2.75) is 26.4 Å². The minimum atomic E-state index is 0.412. The molecule has 0 aliphatic heterocycles. The predicted octanol–water partition coefficient (Wildman–Crippen LogP) is 4.15. The number of oxazole rings is 1. The third-order valence-corrected chi connectivity index (χ3v) is 3.15. The summed E-state index contributed by atoms with van der Waals surface area (Å²) >= 11 is 11.8. The molecule has 0 fully saturated rings. The van der Waals surface area contributed by atoms with E-state index in [2.05, 4.69) is 24.1 Å². The molecule has 5 heteroatoms. The van der Waals surface area contributed by atoms with E-state index in [4.69, 9.17) is 27.6 Å². The summed E-state index contributed by atoms with van der Waals surface area (Å²) in [6.07, 6.45) is 1.65. The maximum absolute atomic E-state index is 5.96. The molecule has 0 saturated carbocycles. The molecule has 0 unspecified atom stereocenters. The first kappa shape index (κ1) is 13.4.